The van der Waals surface area contributed by atoms with E-state index in [2.05, 4.69) is 10.4 Å². The summed E-state index contributed by atoms with van der Waals surface area (Å²) >= 11 is 0. The number of aliphatic hydroxyl groups is 2. The largest absolute Gasteiger partial charge is 0.394 e. The maximum Gasteiger partial charge on any atom is 0.131 e. The van der Waals surface area contributed by atoms with Crippen LogP contribution in [0.25, 0.3) is 22.6 Å². The summed E-state index contributed by atoms with van der Waals surface area (Å²) in [4.78, 5) is 4.75. The molecule has 3 N–H and O–H groups in total. The number of halogens is 1. The Balaban J connectivity index is 2.11. The molecule has 7 heteroatoms. The van der Waals surface area contributed by atoms with Crippen molar-refractivity contribution in [2.75, 3.05) is 6.61 Å². The Labute approximate surface area is 170 Å². The molecule has 3 aromatic rings. The number of hydrogen-bond donors (Lipinski definition) is 3. The predicted molar refractivity (Wildman–Crippen MR) is 110 cm³/mol. The van der Waals surface area contributed by atoms with Crippen molar-refractivity contribution < 1.29 is 14.6 Å². The average molecular weight is 398 g/mol. The molecule has 0 radical (unpaired) electrons. The molecule has 0 saturated heterocycles. The van der Waals surface area contributed by atoms with Crippen molar-refractivity contribution in [3.8, 4) is 22.6 Å². The van der Waals surface area contributed by atoms with Crippen molar-refractivity contribution in [2.45, 2.75) is 45.5 Å². The first kappa shape index (κ1) is 21.1. The van der Waals surface area contributed by atoms with Gasteiger partial charge in [-0.05, 0) is 75.7 Å². The van der Waals surface area contributed by atoms with Crippen molar-refractivity contribution in [3.05, 3.63) is 60.0 Å². The third kappa shape index (κ3) is 4.87. The molecular weight excluding hydrogens is 371 g/mol. The van der Waals surface area contributed by atoms with E-state index in [1.54, 1.807) is 44.3 Å². The Kier molecular flexibility index (Phi) is 6.12. The molecular formula is C22H27FN4O2. The monoisotopic (exact) mass is 398 g/mol. The first-order valence-electron chi connectivity index (χ1n) is 9.58. The molecule has 0 aliphatic heterocycles. The van der Waals surface area contributed by atoms with Gasteiger partial charge in [-0.25, -0.2) is 9.37 Å². The smallest absolute Gasteiger partial charge is 0.131 e. The van der Waals surface area contributed by atoms with Gasteiger partial charge < -0.3 is 10.2 Å². The molecule has 1 aromatic carbocycles. The van der Waals surface area contributed by atoms with E-state index in [0.29, 0.717) is 17.0 Å². The molecule has 0 aliphatic carbocycles. The highest BCUT2D eigenvalue weighted by Gasteiger charge is 2.22. The Morgan fingerprint density at radius 2 is 1.76 bits per heavy atom. The van der Waals surface area contributed by atoms with E-state index >= 15 is 0 Å². The van der Waals surface area contributed by atoms with E-state index in [9.17, 15) is 14.6 Å². The molecule has 0 fully saturated rings. The molecule has 6 nitrogen and oxygen atoms in total. The molecule has 0 amide bonds. The topological polar surface area (TPSA) is 83.2 Å². The van der Waals surface area contributed by atoms with E-state index < -0.39 is 11.8 Å². The van der Waals surface area contributed by atoms with Crippen LogP contribution in [0, 0.1) is 5.82 Å². The van der Waals surface area contributed by atoms with Gasteiger partial charge in [0.15, 0.2) is 0 Å². The van der Waals surface area contributed by atoms with Gasteiger partial charge >= 0.3 is 0 Å². The highest BCUT2D eigenvalue weighted by Crippen LogP contribution is 2.29. The highest BCUT2D eigenvalue weighted by molar-refractivity contribution is 5.66. The number of rotatable bonds is 7. The number of hydrogen-bond acceptors (Lipinski definition) is 5. The van der Waals surface area contributed by atoms with Crippen LogP contribution in [0.15, 0.2) is 48.7 Å². The standard InChI is InChI=1S/C22H27FN4O2/c1-14(2)27-20(9-10-24-27)19-12-16(21(29)26-22(3,4)13-28)11-18(25-19)15-5-7-17(23)8-6-15/h5-12,14,21,26,28-29H,13H2,1-4H3. The fraction of sp³-hybridized carbons (Fsp3) is 0.364. The summed E-state index contributed by atoms with van der Waals surface area (Å²) in [6, 6.07) is 11.6. The van der Waals surface area contributed by atoms with Gasteiger partial charge in [-0.1, -0.05) is 0 Å². The summed E-state index contributed by atoms with van der Waals surface area (Å²) in [7, 11) is 0. The lowest BCUT2D eigenvalue weighted by Crippen LogP contribution is -2.44. The third-order valence-electron chi connectivity index (χ3n) is 4.65. The highest BCUT2D eigenvalue weighted by atomic mass is 19.1. The quantitative estimate of drug-likeness (QED) is 0.529. The zero-order valence-corrected chi connectivity index (χ0v) is 17.1. The average Bonchev–Trinajstić information content (AvgIpc) is 3.18. The Bertz CT molecular complexity index is 967. The van der Waals surface area contributed by atoms with Crippen LogP contribution in [-0.4, -0.2) is 37.1 Å². The first-order chi connectivity index (χ1) is 13.7. The molecule has 1 unspecified atom stereocenters. The zero-order chi connectivity index (χ0) is 21.2. The fourth-order valence-corrected chi connectivity index (χ4v) is 3.04. The van der Waals surface area contributed by atoms with Crippen LogP contribution in [0.3, 0.4) is 0 Å². The normalized spacial score (nSPS) is 13.1. The van der Waals surface area contributed by atoms with Crippen molar-refractivity contribution in [1.82, 2.24) is 20.1 Å². The van der Waals surface area contributed by atoms with Gasteiger partial charge in [0, 0.05) is 23.3 Å². The van der Waals surface area contributed by atoms with Crippen molar-refractivity contribution in [2.24, 2.45) is 0 Å². The molecule has 29 heavy (non-hydrogen) atoms. The van der Waals surface area contributed by atoms with Crippen molar-refractivity contribution in [3.63, 3.8) is 0 Å². The van der Waals surface area contributed by atoms with Gasteiger partial charge in [0.1, 0.15) is 12.0 Å². The molecule has 1 atom stereocenters. The minimum atomic E-state index is -1.02. The van der Waals surface area contributed by atoms with Gasteiger partial charge in [-0.15, -0.1) is 0 Å². The molecule has 0 aliphatic rings. The number of nitrogens with one attached hydrogen (secondary N) is 1. The number of pyridine rings is 1. The van der Waals surface area contributed by atoms with Crippen LogP contribution in [-0.2, 0) is 0 Å². The lowest BCUT2D eigenvalue weighted by molar-refractivity contribution is 0.0739. The van der Waals surface area contributed by atoms with Crippen LogP contribution in [0.5, 0.6) is 0 Å². The van der Waals surface area contributed by atoms with Crippen LogP contribution < -0.4 is 5.32 Å². The lowest BCUT2D eigenvalue weighted by Gasteiger charge is -2.28. The summed E-state index contributed by atoms with van der Waals surface area (Å²) in [5, 5.41) is 27.7. The zero-order valence-electron chi connectivity index (χ0n) is 17.1. The van der Waals surface area contributed by atoms with E-state index in [1.165, 1.54) is 12.1 Å². The second kappa shape index (κ2) is 8.41. The minimum absolute atomic E-state index is 0.132. The molecule has 0 saturated carbocycles. The summed E-state index contributed by atoms with van der Waals surface area (Å²) in [6.07, 6.45) is 0.693. The van der Waals surface area contributed by atoms with Crippen LogP contribution in [0.2, 0.25) is 0 Å². The molecule has 2 heterocycles. The maximum atomic E-state index is 13.4. The van der Waals surface area contributed by atoms with Crippen LogP contribution in [0.1, 0.15) is 45.5 Å². The van der Waals surface area contributed by atoms with Crippen LogP contribution in [0.4, 0.5) is 4.39 Å². The molecule has 154 valence electrons. The summed E-state index contributed by atoms with van der Waals surface area (Å²) in [6.45, 7) is 7.52. The number of nitrogens with zero attached hydrogens (tertiary/aromatic N) is 3. The van der Waals surface area contributed by atoms with Gasteiger partial charge in [0.2, 0.25) is 0 Å². The molecule has 0 bridgehead atoms. The molecule has 2 aromatic heterocycles. The van der Waals surface area contributed by atoms with Gasteiger partial charge in [0.25, 0.3) is 0 Å². The maximum absolute atomic E-state index is 13.4. The first-order valence-corrected chi connectivity index (χ1v) is 9.58. The minimum Gasteiger partial charge on any atom is -0.394 e. The Morgan fingerprint density at radius 1 is 1.10 bits per heavy atom. The molecule has 3 rings (SSSR count). The van der Waals surface area contributed by atoms with E-state index in [0.717, 1.165) is 11.3 Å². The summed E-state index contributed by atoms with van der Waals surface area (Å²) in [5.74, 6) is -0.325. The second-order valence-electron chi connectivity index (χ2n) is 8.02. The van der Waals surface area contributed by atoms with Gasteiger partial charge in [0.05, 0.1) is 23.7 Å². The van der Waals surface area contributed by atoms with Crippen molar-refractivity contribution >= 4 is 0 Å². The predicted octanol–water partition coefficient (Wildman–Crippen LogP) is 3.68. The Hall–Kier alpha value is -2.61. The number of aliphatic hydroxyl groups excluding tert-OH is 2. The van der Waals surface area contributed by atoms with Gasteiger partial charge in [-0.3, -0.25) is 10.00 Å². The third-order valence-corrected chi connectivity index (χ3v) is 4.65. The van der Waals surface area contributed by atoms with Crippen molar-refractivity contribution in [1.29, 1.82) is 0 Å². The fourth-order valence-electron chi connectivity index (χ4n) is 3.04. The number of benzene rings is 1. The Morgan fingerprint density at radius 3 is 2.38 bits per heavy atom. The lowest BCUT2D eigenvalue weighted by atomic mass is 10.0. The summed E-state index contributed by atoms with van der Waals surface area (Å²) < 4.78 is 15.2. The summed E-state index contributed by atoms with van der Waals surface area (Å²) in [5.41, 5.74) is 2.73. The molecule has 0 spiro atoms. The van der Waals surface area contributed by atoms with E-state index in [-0.39, 0.29) is 18.5 Å². The van der Waals surface area contributed by atoms with Gasteiger partial charge in [-0.2, -0.15) is 5.10 Å². The van der Waals surface area contributed by atoms with E-state index in [4.69, 9.17) is 4.98 Å². The van der Waals surface area contributed by atoms with Crippen LogP contribution >= 0.6 is 0 Å². The number of aromatic nitrogens is 3. The van der Waals surface area contributed by atoms with E-state index in [1.807, 2.05) is 24.6 Å². The SMILES string of the molecule is CC(C)n1nccc1-c1cc(C(O)NC(C)(C)CO)cc(-c2ccc(F)cc2)n1. The second-order valence-corrected chi connectivity index (χ2v) is 8.02.